The fraction of sp³-hybridized carbons (Fsp3) is 0.780. The Balaban J connectivity index is 1.11. The summed E-state index contributed by atoms with van der Waals surface area (Å²) in [5, 5.41) is 3.13. The van der Waals surface area contributed by atoms with Crippen LogP contribution >= 0.6 is 0 Å². The molecule has 0 aliphatic carbocycles. The second-order valence-electron chi connectivity index (χ2n) is 15.7. The Morgan fingerprint density at radius 2 is 1.59 bits per heavy atom. The van der Waals surface area contributed by atoms with Crippen molar-refractivity contribution in [3.63, 3.8) is 0 Å². The molecule has 4 bridgehead atoms. The largest absolute Gasteiger partial charge is 0.466 e. The van der Waals surface area contributed by atoms with Crippen molar-refractivity contribution in [3.8, 4) is 0 Å². The number of cyclic esters (lactones) is 1. The van der Waals surface area contributed by atoms with Crippen LogP contribution in [0.15, 0.2) is 36.0 Å². The number of nitrogens with zero attached hydrogens (tertiary/aromatic N) is 2. The van der Waals surface area contributed by atoms with E-state index in [0.29, 0.717) is 31.3 Å². The maximum Gasteiger partial charge on any atom is 0.330 e. The molecular formula is C41H65N3O7. The van der Waals surface area contributed by atoms with E-state index < -0.39 is 6.10 Å². The summed E-state index contributed by atoms with van der Waals surface area (Å²) in [6.45, 7) is 9.10. The van der Waals surface area contributed by atoms with Gasteiger partial charge in [0.15, 0.2) is 0 Å². The first-order chi connectivity index (χ1) is 24.7. The van der Waals surface area contributed by atoms with E-state index in [-0.39, 0.29) is 54.7 Å². The molecule has 0 spiro atoms. The van der Waals surface area contributed by atoms with Crippen molar-refractivity contribution < 1.29 is 33.3 Å². The molecule has 0 aromatic heterocycles. The van der Waals surface area contributed by atoms with Gasteiger partial charge in [0, 0.05) is 44.1 Å². The van der Waals surface area contributed by atoms with Gasteiger partial charge in [-0.1, -0.05) is 44.1 Å². The van der Waals surface area contributed by atoms with Crippen molar-refractivity contribution in [2.45, 2.75) is 153 Å². The standard InChI is InChI=1S/C41H65N3O7/c1-30-15-16-31(2)38(14-7-4-5-8-19-42-41(47)44-22-17-33(18-23-44)43-20-9-6-10-21-43)51-40(46)29-37-26-32(27-39(45)48-3)25-36(50-37)28-35-13-11-12-34(24-30)49-35/h7,14-16,27,30-31,33-38H,4-6,8-13,17-26,28-29H2,1-3H3,(H,42,47)/b14-7+,16-15+,32-27-. The average Bonchev–Trinajstić information content (AvgIpc) is 3.13. The summed E-state index contributed by atoms with van der Waals surface area (Å²) in [5.74, 6) is -0.349. The van der Waals surface area contributed by atoms with Gasteiger partial charge in [-0.3, -0.25) is 4.79 Å². The van der Waals surface area contributed by atoms with Gasteiger partial charge in [0.2, 0.25) is 0 Å². The molecule has 5 heterocycles. The van der Waals surface area contributed by atoms with Crippen molar-refractivity contribution in [2.24, 2.45) is 11.8 Å². The summed E-state index contributed by atoms with van der Waals surface area (Å²) >= 11 is 0. The van der Waals surface area contributed by atoms with Crippen LogP contribution in [0.4, 0.5) is 4.79 Å². The number of hydrogen-bond acceptors (Lipinski definition) is 8. The molecule has 0 radical (unpaired) electrons. The molecule has 10 heteroatoms. The van der Waals surface area contributed by atoms with E-state index in [1.807, 2.05) is 11.0 Å². The van der Waals surface area contributed by atoms with Crippen molar-refractivity contribution in [2.75, 3.05) is 39.8 Å². The van der Waals surface area contributed by atoms with Crippen LogP contribution in [-0.4, -0.2) is 104 Å². The minimum Gasteiger partial charge on any atom is -0.466 e. The number of rotatable bonds is 8. The maximum atomic E-state index is 13.4. The summed E-state index contributed by atoms with van der Waals surface area (Å²) in [6.07, 6.45) is 24.5. The maximum absolute atomic E-state index is 13.4. The average molecular weight is 712 g/mol. The van der Waals surface area contributed by atoms with Crippen molar-refractivity contribution in [1.29, 1.82) is 0 Å². The van der Waals surface area contributed by atoms with E-state index >= 15 is 0 Å². The van der Waals surface area contributed by atoms with Crippen LogP contribution in [0.2, 0.25) is 0 Å². The van der Waals surface area contributed by atoms with E-state index in [2.05, 4.69) is 42.3 Å². The molecule has 0 aromatic carbocycles. The molecule has 7 unspecified atom stereocenters. The highest BCUT2D eigenvalue weighted by atomic mass is 16.6. The molecule has 0 aromatic rings. The van der Waals surface area contributed by atoms with Gasteiger partial charge in [0.05, 0.1) is 37.9 Å². The Hall–Kier alpha value is -2.69. The van der Waals surface area contributed by atoms with E-state index in [1.54, 1.807) is 6.08 Å². The fourth-order valence-electron chi connectivity index (χ4n) is 8.58. The molecular weight excluding hydrogens is 646 g/mol. The molecule has 0 saturated carbocycles. The molecule has 2 amide bonds. The zero-order valence-electron chi connectivity index (χ0n) is 31.6. The number of piperidine rings is 2. The van der Waals surface area contributed by atoms with E-state index in [9.17, 15) is 14.4 Å². The minimum atomic E-state index is -0.402. The zero-order valence-corrected chi connectivity index (χ0v) is 31.6. The summed E-state index contributed by atoms with van der Waals surface area (Å²) in [7, 11) is 1.38. The van der Waals surface area contributed by atoms with Gasteiger partial charge in [0.25, 0.3) is 0 Å². The predicted molar refractivity (Wildman–Crippen MR) is 198 cm³/mol. The van der Waals surface area contributed by atoms with Crippen LogP contribution in [0, 0.1) is 11.8 Å². The van der Waals surface area contributed by atoms with Crippen LogP contribution in [0.25, 0.3) is 0 Å². The number of methoxy groups -OCH3 is 1. The number of allylic oxidation sites excluding steroid dienone is 2. The van der Waals surface area contributed by atoms with Gasteiger partial charge >= 0.3 is 18.0 Å². The van der Waals surface area contributed by atoms with Crippen LogP contribution < -0.4 is 5.32 Å². The third-order valence-corrected chi connectivity index (χ3v) is 11.5. The third-order valence-electron chi connectivity index (χ3n) is 11.5. The molecule has 10 nitrogen and oxygen atoms in total. The lowest BCUT2D eigenvalue weighted by Crippen LogP contribution is -2.50. The Labute approximate surface area is 306 Å². The monoisotopic (exact) mass is 711 g/mol. The highest BCUT2D eigenvalue weighted by Crippen LogP contribution is 2.34. The van der Waals surface area contributed by atoms with Crippen LogP contribution in [0.5, 0.6) is 0 Å². The first kappa shape index (κ1) is 39.5. The SMILES string of the molecule is COC(=O)/C=C1\CC2CC(=O)OC(/C=C/CCCCNC(=O)N3CCC(N4CCCCC4)CC3)C(C)/C=C/C(C)CC3CCCC(CC(C1)O2)O3. The lowest BCUT2D eigenvalue weighted by Gasteiger charge is -2.40. The molecule has 5 aliphatic heterocycles. The van der Waals surface area contributed by atoms with Gasteiger partial charge in [-0.2, -0.15) is 0 Å². The zero-order chi connectivity index (χ0) is 36.0. The summed E-state index contributed by atoms with van der Waals surface area (Å²) in [4.78, 5) is 42.9. The van der Waals surface area contributed by atoms with Crippen LogP contribution in [-0.2, 0) is 28.5 Å². The predicted octanol–water partition coefficient (Wildman–Crippen LogP) is 6.88. The third kappa shape index (κ3) is 13.0. The topological polar surface area (TPSA) is 107 Å². The van der Waals surface area contributed by atoms with Crippen LogP contribution in [0.1, 0.15) is 117 Å². The smallest absolute Gasteiger partial charge is 0.330 e. The number of amides is 2. The Kier molecular flexibility index (Phi) is 15.9. The number of esters is 2. The lowest BCUT2D eigenvalue weighted by molar-refractivity contribution is -0.154. The number of carbonyl (C=O) groups is 3. The fourth-order valence-corrected chi connectivity index (χ4v) is 8.58. The molecule has 286 valence electrons. The van der Waals surface area contributed by atoms with E-state index in [0.717, 1.165) is 82.9 Å². The van der Waals surface area contributed by atoms with Gasteiger partial charge in [-0.25, -0.2) is 9.59 Å². The molecule has 51 heavy (non-hydrogen) atoms. The highest BCUT2D eigenvalue weighted by molar-refractivity contribution is 5.82. The minimum absolute atomic E-state index is 0.00581. The van der Waals surface area contributed by atoms with E-state index in [1.165, 1.54) is 39.5 Å². The number of carbonyl (C=O) groups excluding carboxylic acids is 3. The van der Waals surface area contributed by atoms with Crippen molar-refractivity contribution in [1.82, 2.24) is 15.1 Å². The number of unbranched alkanes of at least 4 members (excludes halogenated alkanes) is 2. The van der Waals surface area contributed by atoms with Gasteiger partial charge in [-0.15, -0.1) is 0 Å². The number of likely N-dealkylation sites (tertiary alicyclic amines) is 2. The normalized spacial score (nSPS) is 33.5. The Morgan fingerprint density at radius 1 is 0.863 bits per heavy atom. The number of ether oxygens (including phenoxy) is 4. The van der Waals surface area contributed by atoms with Gasteiger partial charge < -0.3 is 34.1 Å². The van der Waals surface area contributed by atoms with Gasteiger partial charge in [0.1, 0.15) is 6.10 Å². The number of hydrogen-bond donors (Lipinski definition) is 1. The number of urea groups is 1. The first-order valence-electron chi connectivity index (χ1n) is 20.1. The van der Waals surface area contributed by atoms with Gasteiger partial charge in [-0.05, 0) is 109 Å². The highest BCUT2D eigenvalue weighted by Gasteiger charge is 2.33. The quantitative estimate of drug-likeness (QED) is 0.126. The molecule has 5 rings (SSSR count). The Morgan fingerprint density at radius 3 is 2.35 bits per heavy atom. The first-order valence-corrected chi connectivity index (χ1v) is 20.1. The summed E-state index contributed by atoms with van der Waals surface area (Å²) in [6, 6.07) is 0.697. The van der Waals surface area contributed by atoms with E-state index in [4.69, 9.17) is 18.9 Å². The molecule has 4 fully saturated rings. The van der Waals surface area contributed by atoms with Crippen molar-refractivity contribution >= 4 is 18.0 Å². The van der Waals surface area contributed by atoms with Crippen LogP contribution in [0.3, 0.4) is 0 Å². The summed E-state index contributed by atoms with van der Waals surface area (Å²) in [5.41, 5.74) is 0.944. The van der Waals surface area contributed by atoms with Crippen molar-refractivity contribution in [3.05, 3.63) is 36.0 Å². The molecule has 4 saturated heterocycles. The Bertz CT molecular complexity index is 1210. The molecule has 7 atom stereocenters. The second-order valence-corrected chi connectivity index (χ2v) is 15.7. The summed E-state index contributed by atoms with van der Waals surface area (Å²) < 4.78 is 24.0. The molecule has 1 N–H and O–H groups in total. The lowest BCUT2D eigenvalue weighted by atomic mass is 9.89. The molecule has 5 aliphatic rings. The number of fused-ring (bicyclic) bond motifs is 4. The number of nitrogens with one attached hydrogen (secondary N) is 1. The second kappa shape index (κ2) is 20.5.